The van der Waals surface area contributed by atoms with E-state index < -0.39 is 0 Å². The van der Waals surface area contributed by atoms with Gasteiger partial charge in [0.2, 0.25) is 0 Å². The van der Waals surface area contributed by atoms with Crippen molar-refractivity contribution in [3.05, 3.63) is 28.7 Å². The van der Waals surface area contributed by atoms with Crippen LogP contribution >= 0.6 is 15.9 Å². The first kappa shape index (κ1) is 12.1. The van der Waals surface area contributed by atoms with Gasteiger partial charge in [-0.1, -0.05) is 29.8 Å². The Morgan fingerprint density at radius 1 is 1.33 bits per heavy atom. The van der Waals surface area contributed by atoms with Crippen LogP contribution in [0.4, 0.5) is 5.69 Å². The average molecular weight is 267 g/mol. The Kier molecular flexibility index (Phi) is 4.64. The van der Waals surface area contributed by atoms with Crippen molar-refractivity contribution in [1.29, 1.82) is 5.26 Å². The summed E-state index contributed by atoms with van der Waals surface area (Å²) in [4.78, 5) is 0. The average Bonchev–Trinajstić information content (AvgIpc) is 2.19. The number of benzene rings is 1. The highest BCUT2D eigenvalue weighted by Crippen LogP contribution is 2.16. The van der Waals surface area contributed by atoms with E-state index in [1.807, 2.05) is 24.3 Å². The van der Waals surface area contributed by atoms with E-state index in [1.165, 1.54) is 0 Å². The number of rotatable bonds is 4. The van der Waals surface area contributed by atoms with E-state index in [2.05, 4.69) is 41.2 Å². The summed E-state index contributed by atoms with van der Waals surface area (Å²) in [6.07, 6.45) is 0.868. The maximum absolute atomic E-state index is 8.97. The summed E-state index contributed by atoms with van der Waals surface area (Å²) in [5.41, 5.74) is 0.991. The van der Waals surface area contributed by atoms with Crippen molar-refractivity contribution in [3.63, 3.8) is 0 Å². The van der Waals surface area contributed by atoms with Crippen molar-refractivity contribution in [2.24, 2.45) is 5.92 Å². The molecule has 0 amide bonds. The summed E-state index contributed by atoms with van der Waals surface area (Å²) in [6.45, 7) is 4.24. The van der Waals surface area contributed by atoms with E-state index in [9.17, 15) is 0 Å². The lowest BCUT2D eigenvalue weighted by Crippen LogP contribution is -2.19. The predicted molar refractivity (Wildman–Crippen MR) is 66.6 cm³/mol. The van der Waals surface area contributed by atoms with Crippen LogP contribution in [0.15, 0.2) is 28.7 Å². The zero-order chi connectivity index (χ0) is 11.3. The van der Waals surface area contributed by atoms with E-state index in [0.717, 1.165) is 16.6 Å². The number of nitrogens with one attached hydrogen (secondary N) is 1. The predicted octanol–water partition coefficient (Wildman–Crippen LogP) is 3.80. The molecule has 3 heteroatoms. The first-order valence-electron chi connectivity index (χ1n) is 5.03. The van der Waals surface area contributed by atoms with Gasteiger partial charge >= 0.3 is 0 Å². The fourth-order valence-electron chi connectivity index (χ4n) is 1.36. The van der Waals surface area contributed by atoms with Crippen LogP contribution in [-0.4, -0.2) is 6.04 Å². The third-order valence-electron chi connectivity index (χ3n) is 2.05. The van der Waals surface area contributed by atoms with E-state index in [-0.39, 0.29) is 6.04 Å². The topological polar surface area (TPSA) is 35.8 Å². The van der Waals surface area contributed by atoms with Gasteiger partial charge in [-0.15, -0.1) is 0 Å². The van der Waals surface area contributed by atoms with E-state index in [4.69, 9.17) is 5.26 Å². The second-order valence-electron chi connectivity index (χ2n) is 3.96. The van der Waals surface area contributed by atoms with Crippen molar-refractivity contribution in [2.45, 2.75) is 26.3 Å². The molecule has 1 N–H and O–H groups in total. The van der Waals surface area contributed by atoms with Crippen molar-refractivity contribution in [3.8, 4) is 6.07 Å². The number of halogens is 1. The maximum Gasteiger partial charge on any atom is 0.114 e. The molecule has 0 fully saturated rings. The number of anilines is 1. The molecule has 0 heterocycles. The molecule has 1 unspecified atom stereocenters. The van der Waals surface area contributed by atoms with Crippen LogP contribution in [0.1, 0.15) is 20.3 Å². The summed E-state index contributed by atoms with van der Waals surface area (Å²) in [6, 6.07) is 10.0. The van der Waals surface area contributed by atoms with Crippen molar-refractivity contribution < 1.29 is 0 Å². The molecule has 0 saturated heterocycles. The molecule has 0 aromatic heterocycles. The first-order valence-corrected chi connectivity index (χ1v) is 5.83. The summed E-state index contributed by atoms with van der Waals surface area (Å²) in [5.74, 6) is 0.526. The number of nitrogens with zero attached hydrogens (tertiary/aromatic N) is 1. The molecule has 15 heavy (non-hydrogen) atoms. The molecule has 0 aliphatic carbocycles. The maximum atomic E-state index is 8.97. The highest BCUT2D eigenvalue weighted by Gasteiger charge is 2.08. The highest BCUT2D eigenvalue weighted by atomic mass is 79.9. The molecule has 1 rings (SSSR count). The quantitative estimate of drug-likeness (QED) is 0.900. The molecule has 0 bridgehead atoms. The second-order valence-corrected chi connectivity index (χ2v) is 4.88. The molecule has 80 valence electrons. The molecule has 2 nitrogen and oxygen atoms in total. The smallest absolute Gasteiger partial charge is 0.114 e. The van der Waals surface area contributed by atoms with Gasteiger partial charge in [0, 0.05) is 10.2 Å². The van der Waals surface area contributed by atoms with Gasteiger partial charge in [-0.2, -0.15) is 5.26 Å². The summed E-state index contributed by atoms with van der Waals surface area (Å²) >= 11 is 3.38. The minimum Gasteiger partial charge on any atom is -0.370 e. The van der Waals surface area contributed by atoms with Crippen molar-refractivity contribution in [1.82, 2.24) is 0 Å². The van der Waals surface area contributed by atoms with Gasteiger partial charge in [-0.05, 0) is 36.6 Å². The Morgan fingerprint density at radius 2 is 1.93 bits per heavy atom. The molecule has 0 spiro atoms. The Labute approximate surface area is 99.4 Å². The van der Waals surface area contributed by atoms with Gasteiger partial charge in [-0.3, -0.25) is 0 Å². The van der Waals surface area contributed by atoms with Gasteiger partial charge in [0.05, 0.1) is 6.07 Å². The van der Waals surface area contributed by atoms with Gasteiger partial charge in [0.25, 0.3) is 0 Å². The third kappa shape index (κ3) is 4.35. The minimum absolute atomic E-state index is 0.105. The van der Waals surface area contributed by atoms with E-state index in [0.29, 0.717) is 5.92 Å². The second kappa shape index (κ2) is 5.77. The first-order chi connectivity index (χ1) is 7.11. The fourth-order valence-corrected chi connectivity index (χ4v) is 1.63. The van der Waals surface area contributed by atoms with E-state index in [1.54, 1.807) is 0 Å². The zero-order valence-electron chi connectivity index (χ0n) is 9.00. The molecule has 0 saturated carbocycles. The Balaban J connectivity index is 2.60. The Morgan fingerprint density at radius 3 is 2.40 bits per heavy atom. The van der Waals surface area contributed by atoms with Crippen molar-refractivity contribution >= 4 is 21.6 Å². The lowest BCUT2D eigenvalue weighted by Gasteiger charge is -2.14. The monoisotopic (exact) mass is 266 g/mol. The van der Waals surface area contributed by atoms with Crippen LogP contribution in [0.2, 0.25) is 0 Å². The number of hydrogen-bond acceptors (Lipinski definition) is 2. The number of nitriles is 1. The Hall–Kier alpha value is -1.01. The lowest BCUT2D eigenvalue weighted by molar-refractivity contribution is 0.568. The third-order valence-corrected chi connectivity index (χ3v) is 2.58. The minimum atomic E-state index is -0.105. The molecule has 1 aromatic carbocycles. The zero-order valence-corrected chi connectivity index (χ0v) is 10.6. The van der Waals surface area contributed by atoms with Crippen LogP contribution in [0, 0.1) is 17.2 Å². The van der Waals surface area contributed by atoms with Gasteiger partial charge in [0.15, 0.2) is 0 Å². The highest BCUT2D eigenvalue weighted by molar-refractivity contribution is 9.10. The summed E-state index contributed by atoms with van der Waals surface area (Å²) < 4.78 is 1.05. The van der Waals surface area contributed by atoms with E-state index >= 15 is 0 Å². The van der Waals surface area contributed by atoms with Crippen LogP contribution in [0.25, 0.3) is 0 Å². The fraction of sp³-hybridized carbons (Fsp3) is 0.417. The SMILES string of the molecule is CC(C)CC(C#N)Nc1ccc(Br)cc1. The van der Waals surface area contributed by atoms with Crippen LogP contribution < -0.4 is 5.32 Å². The normalized spacial score (nSPS) is 12.2. The summed E-state index contributed by atoms with van der Waals surface area (Å²) in [5, 5.41) is 12.2. The Bertz CT molecular complexity index is 338. The largest absolute Gasteiger partial charge is 0.370 e. The molecule has 0 aliphatic rings. The van der Waals surface area contributed by atoms with Crippen LogP contribution in [-0.2, 0) is 0 Å². The van der Waals surface area contributed by atoms with Gasteiger partial charge in [-0.25, -0.2) is 0 Å². The molecule has 1 atom stereocenters. The lowest BCUT2D eigenvalue weighted by atomic mass is 10.0. The molecule has 0 aliphatic heterocycles. The molecule has 1 aromatic rings. The molecule has 0 radical (unpaired) electrons. The van der Waals surface area contributed by atoms with Crippen LogP contribution in [0.3, 0.4) is 0 Å². The van der Waals surface area contributed by atoms with Crippen LogP contribution in [0.5, 0.6) is 0 Å². The summed E-state index contributed by atoms with van der Waals surface area (Å²) in [7, 11) is 0. The van der Waals surface area contributed by atoms with Crippen molar-refractivity contribution in [2.75, 3.05) is 5.32 Å². The van der Waals surface area contributed by atoms with Gasteiger partial charge < -0.3 is 5.32 Å². The standard InChI is InChI=1S/C12H15BrN2/c1-9(2)7-12(8-14)15-11-5-3-10(13)4-6-11/h3-6,9,12,15H,7H2,1-2H3. The number of hydrogen-bond donors (Lipinski definition) is 1. The molecular formula is C12H15BrN2. The molecular weight excluding hydrogens is 252 g/mol. The van der Waals surface area contributed by atoms with Gasteiger partial charge in [0.1, 0.15) is 6.04 Å².